The van der Waals surface area contributed by atoms with Crippen LogP contribution in [0.2, 0.25) is 15.1 Å². The van der Waals surface area contributed by atoms with Crippen molar-refractivity contribution in [2.45, 2.75) is 25.9 Å². The first-order valence-electron chi connectivity index (χ1n) is 5.93. The minimum atomic E-state index is 0.0966. The first-order valence-corrected chi connectivity index (χ1v) is 7.95. The molecule has 2 unspecified atom stereocenters. The Morgan fingerprint density at radius 2 is 1.74 bits per heavy atom. The van der Waals surface area contributed by atoms with Gasteiger partial charge in [-0.2, -0.15) is 0 Å². The average molecular weight is 335 g/mol. The molecule has 102 valence electrons. The first kappa shape index (κ1) is 15.1. The lowest BCUT2D eigenvalue weighted by molar-refractivity contribution is 0.500. The van der Waals surface area contributed by atoms with E-state index < -0.39 is 0 Å². The summed E-state index contributed by atoms with van der Waals surface area (Å²) >= 11 is 20.0. The van der Waals surface area contributed by atoms with Crippen molar-refractivity contribution in [2.75, 3.05) is 0 Å². The molecule has 19 heavy (non-hydrogen) atoms. The molecule has 0 saturated heterocycles. The fourth-order valence-electron chi connectivity index (χ4n) is 1.96. The number of nitrogens with one attached hydrogen (secondary N) is 1. The van der Waals surface area contributed by atoms with Crippen molar-refractivity contribution in [1.82, 2.24) is 5.32 Å². The lowest BCUT2D eigenvalue weighted by Crippen LogP contribution is -2.22. The van der Waals surface area contributed by atoms with Gasteiger partial charge in [0.2, 0.25) is 0 Å². The molecule has 0 amide bonds. The molecule has 2 rings (SSSR count). The van der Waals surface area contributed by atoms with Gasteiger partial charge in [-0.1, -0.05) is 46.9 Å². The predicted octanol–water partition coefficient (Wildman–Crippen LogP) is 6.12. The molecule has 0 radical (unpaired) electrons. The number of halogens is 3. The molecule has 1 nitrogen and oxygen atoms in total. The normalized spacial score (nSPS) is 14.4. The summed E-state index contributed by atoms with van der Waals surface area (Å²) < 4.78 is 0. The smallest absolute Gasteiger partial charge is 0.0781 e. The van der Waals surface area contributed by atoms with Crippen LogP contribution in [-0.4, -0.2) is 0 Å². The zero-order valence-corrected chi connectivity index (χ0v) is 13.7. The van der Waals surface area contributed by atoms with Gasteiger partial charge in [-0.05, 0) is 36.9 Å². The maximum Gasteiger partial charge on any atom is 0.0781 e. The minimum Gasteiger partial charge on any atom is -0.303 e. The minimum absolute atomic E-state index is 0.0966. The van der Waals surface area contributed by atoms with E-state index in [1.165, 1.54) is 4.88 Å². The molecule has 0 fully saturated rings. The Hall–Kier alpha value is -0.250. The second-order valence-electron chi connectivity index (χ2n) is 4.39. The van der Waals surface area contributed by atoms with Gasteiger partial charge >= 0.3 is 0 Å². The monoisotopic (exact) mass is 333 g/mol. The summed E-state index contributed by atoms with van der Waals surface area (Å²) in [5.41, 5.74) is 0.958. The van der Waals surface area contributed by atoms with Crippen LogP contribution in [0, 0.1) is 0 Å². The van der Waals surface area contributed by atoms with E-state index >= 15 is 0 Å². The zero-order valence-electron chi connectivity index (χ0n) is 10.6. The third kappa shape index (κ3) is 3.45. The Labute approximate surface area is 132 Å². The molecule has 0 spiro atoms. The van der Waals surface area contributed by atoms with Gasteiger partial charge in [0.1, 0.15) is 0 Å². The van der Waals surface area contributed by atoms with Gasteiger partial charge in [0.15, 0.2) is 0 Å². The lowest BCUT2D eigenvalue weighted by Gasteiger charge is -2.21. The predicted molar refractivity (Wildman–Crippen MR) is 85.8 cm³/mol. The molecule has 1 aromatic heterocycles. The SMILES string of the molecule is CC(NC(C)c1ccc(Cl)c(Cl)c1Cl)c1cccs1. The molecule has 2 aromatic rings. The summed E-state index contributed by atoms with van der Waals surface area (Å²) in [6.07, 6.45) is 0. The van der Waals surface area contributed by atoms with Crippen LogP contribution in [-0.2, 0) is 0 Å². The van der Waals surface area contributed by atoms with Gasteiger partial charge < -0.3 is 5.32 Å². The molecule has 0 bridgehead atoms. The molecule has 2 atom stereocenters. The van der Waals surface area contributed by atoms with E-state index in [1.807, 2.05) is 6.07 Å². The average Bonchev–Trinajstić information content (AvgIpc) is 2.89. The van der Waals surface area contributed by atoms with E-state index in [0.29, 0.717) is 15.1 Å². The Morgan fingerprint density at radius 1 is 1.00 bits per heavy atom. The van der Waals surface area contributed by atoms with Gasteiger partial charge in [0.25, 0.3) is 0 Å². The molecule has 1 heterocycles. The van der Waals surface area contributed by atoms with E-state index in [9.17, 15) is 0 Å². The lowest BCUT2D eigenvalue weighted by atomic mass is 10.1. The quantitative estimate of drug-likeness (QED) is 0.664. The van der Waals surface area contributed by atoms with Crippen LogP contribution in [0.5, 0.6) is 0 Å². The molecule has 0 saturated carbocycles. The van der Waals surface area contributed by atoms with Crippen molar-refractivity contribution >= 4 is 46.1 Å². The molecular formula is C14H14Cl3NS. The largest absolute Gasteiger partial charge is 0.303 e. The number of hydrogen-bond acceptors (Lipinski definition) is 2. The van der Waals surface area contributed by atoms with Gasteiger partial charge in [-0.15, -0.1) is 11.3 Å². The fraction of sp³-hybridized carbons (Fsp3) is 0.286. The molecule has 1 N–H and O–H groups in total. The highest BCUT2D eigenvalue weighted by atomic mass is 35.5. The topological polar surface area (TPSA) is 12.0 Å². The Kier molecular flexibility index (Phi) is 5.15. The Balaban J connectivity index is 2.16. The maximum absolute atomic E-state index is 6.25. The molecular weight excluding hydrogens is 321 g/mol. The van der Waals surface area contributed by atoms with Crippen LogP contribution in [0.15, 0.2) is 29.6 Å². The van der Waals surface area contributed by atoms with Crippen molar-refractivity contribution in [3.63, 3.8) is 0 Å². The summed E-state index contributed by atoms with van der Waals surface area (Å²) in [5.74, 6) is 0. The summed E-state index contributed by atoms with van der Waals surface area (Å²) in [7, 11) is 0. The second-order valence-corrected chi connectivity index (χ2v) is 6.53. The molecule has 0 aliphatic carbocycles. The first-order chi connectivity index (χ1) is 9.00. The third-order valence-corrected chi connectivity index (χ3v) is 5.36. The van der Waals surface area contributed by atoms with E-state index in [1.54, 1.807) is 17.4 Å². The summed E-state index contributed by atoms with van der Waals surface area (Å²) in [5, 5.41) is 7.00. The van der Waals surface area contributed by atoms with Crippen LogP contribution in [0.4, 0.5) is 0 Å². The van der Waals surface area contributed by atoms with E-state index in [4.69, 9.17) is 34.8 Å². The van der Waals surface area contributed by atoms with Gasteiger partial charge in [0.05, 0.1) is 15.1 Å². The van der Waals surface area contributed by atoms with Crippen LogP contribution in [0.25, 0.3) is 0 Å². The van der Waals surface area contributed by atoms with E-state index in [2.05, 4.69) is 36.7 Å². The van der Waals surface area contributed by atoms with E-state index in [0.717, 1.165) is 5.56 Å². The standard InChI is InChI=1S/C14H14Cl3NS/c1-8(18-9(2)12-4-3-7-19-12)10-5-6-11(15)14(17)13(10)16/h3-9,18H,1-2H3. The van der Waals surface area contributed by atoms with Crippen LogP contribution >= 0.6 is 46.1 Å². The Bertz CT molecular complexity index is 554. The highest BCUT2D eigenvalue weighted by molar-refractivity contribution is 7.10. The molecule has 5 heteroatoms. The molecule has 1 aromatic carbocycles. The highest BCUT2D eigenvalue weighted by Gasteiger charge is 2.17. The van der Waals surface area contributed by atoms with Gasteiger partial charge in [-0.3, -0.25) is 0 Å². The van der Waals surface area contributed by atoms with Crippen molar-refractivity contribution in [3.05, 3.63) is 55.2 Å². The third-order valence-electron chi connectivity index (χ3n) is 3.00. The number of thiophene rings is 1. The number of rotatable bonds is 4. The second kappa shape index (κ2) is 6.47. The summed E-state index contributed by atoms with van der Waals surface area (Å²) in [6.45, 7) is 4.20. The van der Waals surface area contributed by atoms with Crippen LogP contribution in [0.3, 0.4) is 0 Å². The van der Waals surface area contributed by atoms with Gasteiger partial charge in [-0.25, -0.2) is 0 Å². The highest BCUT2D eigenvalue weighted by Crippen LogP contribution is 2.36. The fourth-order valence-corrected chi connectivity index (χ4v) is 3.41. The number of hydrogen-bond donors (Lipinski definition) is 1. The van der Waals surface area contributed by atoms with Crippen molar-refractivity contribution < 1.29 is 0 Å². The maximum atomic E-state index is 6.25. The van der Waals surface area contributed by atoms with Crippen LogP contribution < -0.4 is 5.32 Å². The summed E-state index contributed by atoms with van der Waals surface area (Å²) in [6, 6.07) is 8.22. The van der Waals surface area contributed by atoms with Gasteiger partial charge in [0, 0.05) is 17.0 Å². The van der Waals surface area contributed by atoms with Crippen molar-refractivity contribution in [1.29, 1.82) is 0 Å². The number of benzene rings is 1. The zero-order chi connectivity index (χ0) is 14.0. The van der Waals surface area contributed by atoms with E-state index in [-0.39, 0.29) is 12.1 Å². The van der Waals surface area contributed by atoms with Crippen molar-refractivity contribution in [2.24, 2.45) is 0 Å². The Morgan fingerprint density at radius 3 is 2.37 bits per heavy atom. The molecule has 0 aliphatic rings. The molecule has 0 aliphatic heterocycles. The van der Waals surface area contributed by atoms with Crippen molar-refractivity contribution in [3.8, 4) is 0 Å². The summed E-state index contributed by atoms with van der Waals surface area (Å²) in [4.78, 5) is 1.29. The van der Waals surface area contributed by atoms with Crippen LogP contribution in [0.1, 0.15) is 36.4 Å².